The topological polar surface area (TPSA) is 47.3 Å². The Kier molecular flexibility index (Phi) is 5.40. The smallest absolute Gasteiger partial charge is 0.127 e. The molecule has 2 aromatic rings. The molecular weight excluding hydrogens is 372 g/mol. The van der Waals surface area contributed by atoms with Crippen LogP contribution in [-0.4, -0.2) is 20.5 Å². The Morgan fingerprint density at radius 1 is 1.20 bits per heavy atom. The van der Waals surface area contributed by atoms with Crippen LogP contribution in [0.5, 0.6) is 11.5 Å². The van der Waals surface area contributed by atoms with E-state index >= 15 is 0 Å². The van der Waals surface area contributed by atoms with Crippen LogP contribution in [0.3, 0.4) is 0 Å². The van der Waals surface area contributed by atoms with Crippen LogP contribution in [0.15, 0.2) is 18.3 Å². The molecule has 0 spiro atoms. The van der Waals surface area contributed by atoms with Gasteiger partial charge in [-0.25, -0.2) is 0 Å². The first kappa shape index (κ1) is 21.3. The van der Waals surface area contributed by atoms with Crippen molar-refractivity contribution in [3.8, 4) is 11.5 Å². The second-order valence-corrected chi connectivity index (χ2v) is 10.7. The maximum Gasteiger partial charge on any atom is 0.127 e. The summed E-state index contributed by atoms with van der Waals surface area (Å²) in [5.74, 6) is 1.87. The molecule has 0 amide bonds. The highest BCUT2D eigenvalue weighted by atomic mass is 16.5. The molecule has 4 rings (SSSR count). The predicted octanol–water partition coefficient (Wildman–Crippen LogP) is 6.04. The Labute approximate surface area is 181 Å². The molecule has 2 atom stereocenters. The van der Waals surface area contributed by atoms with E-state index in [0.29, 0.717) is 11.7 Å². The first-order valence-corrected chi connectivity index (χ1v) is 11.7. The fourth-order valence-electron chi connectivity index (χ4n) is 5.66. The molecule has 0 saturated heterocycles. The average molecular weight is 411 g/mol. The molecule has 4 heteroatoms. The van der Waals surface area contributed by atoms with Gasteiger partial charge >= 0.3 is 0 Å². The molecule has 1 aromatic carbocycles. The minimum Gasteiger partial charge on any atom is -0.508 e. The highest BCUT2D eigenvalue weighted by Gasteiger charge is 2.48. The molecule has 0 bridgehead atoms. The third kappa shape index (κ3) is 3.63. The van der Waals surface area contributed by atoms with Crippen molar-refractivity contribution in [3.05, 3.63) is 40.7 Å². The molecule has 1 aromatic heterocycles. The van der Waals surface area contributed by atoms with Crippen molar-refractivity contribution in [1.29, 1.82) is 0 Å². The molecule has 2 heterocycles. The van der Waals surface area contributed by atoms with Crippen LogP contribution >= 0.6 is 0 Å². The number of nitrogens with zero attached hydrogens (tertiary/aromatic N) is 2. The van der Waals surface area contributed by atoms with Gasteiger partial charge in [0.15, 0.2) is 0 Å². The average Bonchev–Trinajstić information content (AvgIpc) is 3.03. The lowest BCUT2D eigenvalue weighted by atomic mass is 9.65. The summed E-state index contributed by atoms with van der Waals surface area (Å²) in [6, 6.07) is 4.22. The summed E-state index contributed by atoms with van der Waals surface area (Å²) in [7, 11) is 2.02. The summed E-state index contributed by atoms with van der Waals surface area (Å²) in [5.41, 5.74) is 4.54. The third-order valence-electron chi connectivity index (χ3n) is 7.68. The Bertz CT molecular complexity index is 925. The molecule has 30 heavy (non-hydrogen) atoms. The lowest BCUT2D eigenvalue weighted by Crippen LogP contribution is -2.48. The lowest BCUT2D eigenvalue weighted by Gasteiger charge is -2.47. The fourth-order valence-corrected chi connectivity index (χ4v) is 5.66. The second kappa shape index (κ2) is 7.62. The number of ether oxygens (including phenoxy) is 1. The molecule has 0 fully saturated rings. The number of phenols is 1. The number of hydrogen-bond donors (Lipinski definition) is 1. The van der Waals surface area contributed by atoms with Gasteiger partial charge in [0.05, 0.1) is 6.20 Å². The van der Waals surface area contributed by atoms with Gasteiger partial charge in [-0.1, -0.05) is 46.5 Å². The maximum absolute atomic E-state index is 11.2. The summed E-state index contributed by atoms with van der Waals surface area (Å²) in [6.07, 6.45) is 10.0. The van der Waals surface area contributed by atoms with Gasteiger partial charge in [-0.15, -0.1) is 0 Å². The van der Waals surface area contributed by atoms with Crippen LogP contribution in [0.4, 0.5) is 0 Å². The van der Waals surface area contributed by atoms with Crippen molar-refractivity contribution in [2.24, 2.45) is 13.0 Å². The number of aromatic nitrogens is 2. The number of unbranched alkanes of at least 4 members (excludes halogenated alkanes) is 3. The Morgan fingerprint density at radius 3 is 2.70 bits per heavy atom. The van der Waals surface area contributed by atoms with E-state index in [9.17, 15) is 5.11 Å². The largest absolute Gasteiger partial charge is 0.508 e. The van der Waals surface area contributed by atoms with Gasteiger partial charge in [-0.3, -0.25) is 4.68 Å². The number of rotatable bonds is 6. The standard InChI is InChI=1S/C26H38N2O2/c1-7-8-9-10-11-25(2,3)18-13-22(29)24-19-15-21-17(16-27-28(21)6)12-20(19)26(4,5)30-23(24)14-18/h13-14,16,19-20,29H,7-12,15H2,1-6H3/t19-,20-/m1/s1. The van der Waals surface area contributed by atoms with E-state index in [4.69, 9.17) is 4.74 Å². The van der Waals surface area contributed by atoms with E-state index in [-0.39, 0.29) is 16.9 Å². The number of fused-ring (bicyclic) bond motifs is 4. The normalized spacial score (nSPS) is 22.1. The van der Waals surface area contributed by atoms with Crippen LogP contribution in [0.2, 0.25) is 0 Å². The van der Waals surface area contributed by atoms with Crippen LogP contribution in [0, 0.1) is 5.92 Å². The minimum absolute atomic E-state index is 0.0202. The lowest BCUT2D eigenvalue weighted by molar-refractivity contribution is 0.00512. The maximum atomic E-state index is 11.2. The number of hydrogen-bond acceptors (Lipinski definition) is 3. The Balaban J connectivity index is 1.69. The third-order valence-corrected chi connectivity index (χ3v) is 7.68. The van der Waals surface area contributed by atoms with E-state index in [1.54, 1.807) is 0 Å². The van der Waals surface area contributed by atoms with Crippen molar-refractivity contribution in [3.63, 3.8) is 0 Å². The Morgan fingerprint density at radius 2 is 1.97 bits per heavy atom. The SMILES string of the molecule is CCCCCCC(C)(C)c1cc(O)c2c(c1)OC(C)(C)[C@@H]1Cc3cnn(C)c3C[C@@H]21. The summed E-state index contributed by atoms with van der Waals surface area (Å²) in [6.45, 7) is 11.2. The van der Waals surface area contributed by atoms with E-state index in [1.165, 1.54) is 42.5 Å². The van der Waals surface area contributed by atoms with Crippen molar-refractivity contribution >= 4 is 0 Å². The molecule has 0 saturated carbocycles. The number of phenolic OH excluding ortho intramolecular Hbond substituents is 1. The summed E-state index contributed by atoms with van der Waals surface area (Å²) in [4.78, 5) is 0. The summed E-state index contributed by atoms with van der Waals surface area (Å²) < 4.78 is 8.58. The summed E-state index contributed by atoms with van der Waals surface area (Å²) >= 11 is 0. The first-order chi connectivity index (χ1) is 14.1. The van der Waals surface area contributed by atoms with Gasteiger partial charge in [-0.05, 0) is 61.8 Å². The van der Waals surface area contributed by atoms with Crippen molar-refractivity contribution < 1.29 is 9.84 Å². The monoisotopic (exact) mass is 410 g/mol. The molecule has 0 radical (unpaired) electrons. The zero-order chi connectivity index (χ0) is 21.7. The zero-order valence-corrected chi connectivity index (χ0v) is 19.6. The molecule has 2 aliphatic rings. The van der Waals surface area contributed by atoms with Crippen molar-refractivity contribution in [2.75, 3.05) is 0 Å². The molecular formula is C26H38N2O2. The quantitative estimate of drug-likeness (QED) is 0.590. The minimum atomic E-state index is -0.276. The number of benzene rings is 1. The molecule has 0 unspecified atom stereocenters. The Hall–Kier alpha value is -1.97. The van der Waals surface area contributed by atoms with Gasteiger partial charge in [-0.2, -0.15) is 5.10 Å². The molecule has 1 aliphatic carbocycles. The van der Waals surface area contributed by atoms with Gasteiger partial charge in [0.25, 0.3) is 0 Å². The van der Waals surface area contributed by atoms with Crippen LogP contribution in [-0.2, 0) is 25.3 Å². The van der Waals surface area contributed by atoms with Crippen LogP contribution in [0.25, 0.3) is 0 Å². The van der Waals surface area contributed by atoms with Gasteiger partial charge in [0.1, 0.15) is 17.1 Å². The van der Waals surface area contributed by atoms with Crippen LogP contribution < -0.4 is 4.74 Å². The second-order valence-electron chi connectivity index (χ2n) is 10.7. The molecule has 1 N–H and O–H groups in total. The van der Waals surface area contributed by atoms with E-state index in [0.717, 1.165) is 30.6 Å². The van der Waals surface area contributed by atoms with Crippen molar-refractivity contribution in [2.45, 2.75) is 96.5 Å². The van der Waals surface area contributed by atoms with E-state index in [1.807, 2.05) is 24.0 Å². The van der Waals surface area contributed by atoms with Gasteiger partial charge in [0, 0.05) is 30.1 Å². The molecule has 164 valence electrons. The highest BCUT2D eigenvalue weighted by Crippen LogP contribution is 2.54. The predicted molar refractivity (Wildman–Crippen MR) is 121 cm³/mol. The van der Waals surface area contributed by atoms with Gasteiger partial charge < -0.3 is 9.84 Å². The fraction of sp³-hybridized carbons (Fsp3) is 0.654. The summed E-state index contributed by atoms with van der Waals surface area (Å²) in [5, 5.41) is 15.7. The van der Waals surface area contributed by atoms with E-state index < -0.39 is 0 Å². The molecule has 1 aliphatic heterocycles. The first-order valence-electron chi connectivity index (χ1n) is 11.7. The molecule has 4 nitrogen and oxygen atoms in total. The number of aryl methyl sites for hydroxylation is 1. The van der Waals surface area contributed by atoms with Gasteiger partial charge in [0.2, 0.25) is 0 Å². The number of aromatic hydroxyl groups is 1. The van der Waals surface area contributed by atoms with Crippen LogP contribution in [0.1, 0.15) is 95.0 Å². The van der Waals surface area contributed by atoms with E-state index in [2.05, 4.69) is 45.8 Å². The van der Waals surface area contributed by atoms with Crippen molar-refractivity contribution in [1.82, 2.24) is 9.78 Å². The zero-order valence-electron chi connectivity index (χ0n) is 19.6. The highest BCUT2D eigenvalue weighted by molar-refractivity contribution is 5.54.